The molecule has 1 heterocycles. The fourth-order valence-electron chi connectivity index (χ4n) is 2.73. The van der Waals surface area contributed by atoms with Crippen LogP contribution >= 0.6 is 12.4 Å². The first-order valence-corrected chi connectivity index (χ1v) is 7.67. The summed E-state index contributed by atoms with van der Waals surface area (Å²) in [6, 6.07) is 0.581. The van der Waals surface area contributed by atoms with Crippen molar-refractivity contribution in [3.05, 3.63) is 0 Å². The molecule has 2 fully saturated rings. The number of halogens is 1. The highest BCUT2D eigenvalue weighted by Gasteiger charge is 2.32. The van der Waals surface area contributed by atoms with Crippen LogP contribution in [0.15, 0.2) is 0 Å². The topological polar surface area (TPSA) is 32.3 Å². The van der Waals surface area contributed by atoms with Crippen molar-refractivity contribution in [1.29, 1.82) is 0 Å². The molecule has 0 aromatic rings. The standard InChI is InChI=1S/C15H28N2O.ClH/c1-12(2)8-10-17(14-4-5-14)15(18)6-3-13-7-9-16-11-13;/h12-14,16H,3-11H2,1-2H3;1H. The maximum atomic E-state index is 12.3. The highest BCUT2D eigenvalue weighted by atomic mass is 35.5. The Kier molecular flexibility index (Phi) is 7.16. The summed E-state index contributed by atoms with van der Waals surface area (Å²) in [4.78, 5) is 14.5. The minimum atomic E-state index is 0. The number of carbonyl (C=O) groups is 1. The van der Waals surface area contributed by atoms with Gasteiger partial charge < -0.3 is 10.2 Å². The quantitative estimate of drug-likeness (QED) is 0.781. The number of hydrogen-bond donors (Lipinski definition) is 1. The summed E-state index contributed by atoms with van der Waals surface area (Å²) in [5.41, 5.74) is 0. The Bertz CT molecular complexity index is 273. The van der Waals surface area contributed by atoms with Crippen LogP contribution in [0.3, 0.4) is 0 Å². The van der Waals surface area contributed by atoms with E-state index in [1.807, 2.05) is 0 Å². The summed E-state index contributed by atoms with van der Waals surface area (Å²) in [6.45, 7) is 7.70. The lowest BCUT2D eigenvalue weighted by molar-refractivity contribution is -0.132. The van der Waals surface area contributed by atoms with E-state index in [4.69, 9.17) is 0 Å². The lowest BCUT2D eigenvalue weighted by Crippen LogP contribution is -2.34. The van der Waals surface area contributed by atoms with Gasteiger partial charge in [0.1, 0.15) is 0 Å². The first kappa shape index (κ1) is 16.8. The van der Waals surface area contributed by atoms with Gasteiger partial charge in [-0.25, -0.2) is 0 Å². The summed E-state index contributed by atoms with van der Waals surface area (Å²) < 4.78 is 0. The minimum absolute atomic E-state index is 0. The molecule has 112 valence electrons. The predicted octanol–water partition coefficient (Wildman–Crippen LogP) is 2.84. The third-order valence-corrected chi connectivity index (χ3v) is 4.18. The van der Waals surface area contributed by atoms with Crippen LogP contribution < -0.4 is 5.32 Å². The zero-order valence-electron chi connectivity index (χ0n) is 12.4. The highest BCUT2D eigenvalue weighted by molar-refractivity contribution is 5.85. The Labute approximate surface area is 123 Å². The molecule has 1 aliphatic heterocycles. The predicted molar refractivity (Wildman–Crippen MR) is 81.6 cm³/mol. The summed E-state index contributed by atoms with van der Waals surface area (Å²) >= 11 is 0. The SMILES string of the molecule is CC(C)CCN(C(=O)CCC1CCNC1)C1CC1.Cl. The van der Waals surface area contributed by atoms with E-state index in [0.29, 0.717) is 17.9 Å². The van der Waals surface area contributed by atoms with Crippen LogP contribution in [0, 0.1) is 11.8 Å². The number of hydrogen-bond acceptors (Lipinski definition) is 2. The van der Waals surface area contributed by atoms with Crippen molar-refractivity contribution >= 4 is 18.3 Å². The van der Waals surface area contributed by atoms with E-state index in [-0.39, 0.29) is 12.4 Å². The van der Waals surface area contributed by atoms with E-state index in [2.05, 4.69) is 24.1 Å². The number of amides is 1. The highest BCUT2D eigenvalue weighted by Crippen LogP contribution is 2.28. The van der Waals surface area contributed by atoms with Gasteiger partial charge in [0.2, 0.25) is 5.91 Å². The molecular weight excluding hydrogens is 260 g/mol. The van der Waals surface area contributed by atoms with Gasteiger partial charge in [-0.2, -0.15) is 0 Å². The van der Waals surface area contributed by atoms with Gasteiger partial charge in [0.05, 0.1) is 0 Å². The van der Waals surface area contributed by atoms with Crippen LogP contribution in [0.1, 0.15) is 52.4 Å². The van der Waals surface area contributed by atoms with E-state index in [0.717, 1.165) is 44.8 Å². The summed E-state index contributed by atoms with van der Waals surface area (Å²) in [7, 11) is 0. The number of carbonyl (C=O) groups excluding carboxylic acids is 1. The van der Waals surface area contributed by atoms with Crippen LogP contribution in [0.25, 0.3) is 0 Å². The van der Waals surface area contributed by atoms with Crippen molar-refractivity contribution in [3.63, 3.8) is 0 Å². The van der Waals surface area contributed by atoms with E-state index in [1.54, 1.807) is 0 Å². The second-order valence-electron chi connectivity index (χ2n) is 6.40. The van der Waals surface area contributed by atoms with Gasteiger partial charge in [-0.15, -0.1) is 12.4 Å². The van der Waals surface area contributed by atoms with Gasteiger partial charge in [-0.05, 0) is 57.0 Å². The van der Waals surface area contributed by atoms with Crippen molar-refractivity contribution in [3.8, 4) is 0 Å². The van der Waals surface area contributed by atoms with Crippen molar-refractivity contribution < 1.29 is 4.79 Å². The lowest BCUT2D eigenvalue weighted by Gasteiger charge is -2.24. The monoisotopic (exact) mass is 288 g/mol. The molecule has 2 rings (SSSR count). The first-order chi connectivity index (χ1) is 8.66. The molecule has 4 heteroatoms. The molecule has 0 bridgehead atoms. The largest absolute Gasteiger partial charge is 0.340 e. The van der Waals surface area contributed by atoms with E-state index in [1.165, 1.54) is 19.3 Å². The number of rotatable bonds is 7. The molecule has 3 nitrogen and oxygen atoms in total. The van der Waals surface area contributed by atoms with Crippen LogP contribution in [0.2, 0.25) is 0 Å². The maximum absolute atomic E-state index is 12.3. The summed E-state index contributed by atoms with van der Waals surface area (Å²) in [6.07, 6.45) is 6.71. The Balaban J connectivity index is 0.00000180. The second-order valence-corrected chi connectivity index (χ2v) is 6.40. The Morgan fingerprint density at radius 3 is 2.58 bits per heavy atom. The zero-order chi connectivity index (χ0) is 13.0. The maximum Gasteiger partial charge on any atom is 0.222 e. The Hall–Kier alpha value is -0.280. The summed E-state index contributed by atoms with van der Waals surface area (Å²) in [5, 5.41) is 3.38. The van der Waals surface area contributed by atoms with Gasteiger partial charge in [-0.3, -0.25) is 4.79 Å². The molecule has 1 saturated carbocycles. The number of nitrogens with zero attached hydrogens (tertiary/aromatic N) is 1. The van der Waals surface area contributed by atoms with Crippen molar-refractivity contribution in [2.45, 2.75) is 58.4 Å². The van der Waals surface area contributed by atoms with Gasteiger partial charge in [0, 0.05) is 19.0 Å². The van der Waals surface area contributed by atoms with Crippen molar-refractivity contribution in [2.75, 3.05) is 19.6 Å². The third-order valence-electron chi connectivity index (χ3n) is 4.18. The molecule has 1 N–H and O–H groups in total. The lowest BCUT2D eigenvalue weighted by atomic mass is 10.0. The third kappa shape index (κ3) is 5.70. The molecule has 1 amide bonds. The van der Waals surface area contributed by atoms with Crippen LogP contribution in [0.4, 0.5) is 0 Å². The van der Waals surface area contributed by atoms with Crippen molar-refractivity contribution in [1.82, 2.24) is 10.2 Å². The fourth-order valence-corrected chi connectivity index (χ4v) is 2.73. The zero-order valence-corrected chi connectivity index (χ0v) is 13.2. The van der Waals surface area contributed by atoms with Gasteiger partial charge in [0.25, 0.3) is 0 Å². The van der Waals surface area contributed by atoms with Crippen LogP contribution in [-0.4, -0.2) is 36.5 Å². The molecule has 19 heavy (non-hydrogen) atoms. The molecule has 0 spiro atoms. The fraction of sp³-hybridized carbons (Fsp3) is 0.933. The molecule has 1 saturated heterocycles. The van der Waals surface area contributed by atoms with Gasteiger partial charge >= 0.3 is 0 Å². The van der Waals surface area contributed by atoms with Crippen LogP contribution in [0.5, 0.6) is 0 Å². The van der Waals surface area contributed by atoms with Crippen LogP contribution in [-0.2, 0) is 4.79 Å². The van der Waals surface area contributed by atoms with E-state index in [9.17, 15) is 4.79 Å². The normalized spacial score (nSPS) is 22.4. The number of nitrogens with one attached hydrogen (secondary N) is 1. The average Bonchev–Trinajstić information content (AvgIpc) is 3.03. The van der Waals surface area contributed by atoms with Crippen molar-refractivity contribution in [2.24, 2.45) is 11.8 Å². The Morgan fingerprint density at radius 2 is 2.05 bits per heavy atom. The average molecular weight is 289 g/mol. The molecule has 0 aromatic carbocycles. The van der Waals surface area contributed by atoms with Gasteiger partial charge in [0.15, 0.2) is 0 Å². The summed E-state index contributed by atoms with van der Waals surface area (Å²) in [5.74, 6) is 1.84. The minimum Gasteiger partial charge on any atom is -0.340 e. The second kappa shape index (κ2) is 8.11. The first-order valence-electron chi connectivity index (χ1n) is 7.67. The molecule has 1 atom stereocenters. The molecule has 0 radical (unpaired) electrons. The molecular formula is C15H29ClN2O. The van der Waals surface area contributed by atoms with Gasteiger partial charge in [-0.1, -0.05) is 13.8 Å². The molecule has 1 aliphatic carbocycles. The van der Waals surface area contributed by atoms with E-state index >= 15 is 0 Å². The smallest absolute Gasteiger partial charge is 0.222 e. The Morgan fingerprint density at radius 1 is 1.32 bits per heavy atom. The van der Waals surface area contributed by atoms with E-state index < -0.39 is 0 Å². The molecule has 2 aliphatic rings. The molecule has 1 unspecified atom stereocenters. The molecule has 0 aromatic heterocycles.